The van der Waals surface area contributed by atoms with Crippen molar-refractivity contribution in [2.75, 3.05) is 13.7 Å². The molecule has 0 aliphatic rings. The normalized spacial score (nSPS) is 11.7. The number of nitrogens with zero attached hydrogens (tertiary/aromatic N) is 2. The number of hydrogen-bond donors (Lipinski definition) is 1. The van der Waals surface area contributed by atoms with Gasteiger partial charge in [0.15, 0.2) is 6.61 Å². The topological polar surface area (TPSA) is 39.1 Å². The molecule has 0 spiro atoms. The van der Waals surface area contributed by atoms with Crippen LogP contribution >= 0.6 is 0 Å². The van der Waals surface area contributed by atoms with E-state index in [4.69, 9.17) is 0 Å². The lowest BCUT2D eigenvalue weighted by atomic mass is 10.1. The van der Waals surface area contributed by atoms with Gasteiger partial charge >= 0.3 is 6.18 Å². The molecule has 4 nitrogen and oxygen atoms in total. The lowest BCUT2D eigenvalue weighted by Crippen LogP contribution is -2.19. The molecular weight excluding hydrogens is 283 g/mol. The van der Waals surface area contributed by atoms with Crippen molar-refractivity contribution in [1.82, 2.24) is 15.1 Å². The first-order valence-corrected chi connectivity index (χ1v) is 6.36. The maximum absolute atomic E-state index is 12.1. The number of alkyl halides is 3. The third-order valence-corrected chi connectivity index (χ3v) is 2.80. The summed E-state index contributed by atoms with van der Waals surface area (Å²) in [6.07, 6.45) is -2.43. The van der Waals surface area contributed by atoms with E-state index in [1.54, 1.807) is 16.8 Å². The lowest BCUT2D eigenvalue weighted by molar-refractivity contribution is -0.153. The first-order chi connectivity index (χ1) is 9.89. The minimum atomic E-state index is -4.33. The number of rotatable bonds is 5. The van der Waals surface area contributed by atoms with Crippen molar-refractivity contribution < 1.29 is 17.9 Å². The maximum Gasteiger partial charge on any atom is 0.422 e. The number of halogens is 3. The summed E-state index contributed by atoms with van der Waals surface area (Å²) in [5.74, 6) is 0.183. The van der Waals surface area contributed by atoms with E-state index in [2.05, 4.69) is 15.2 Å². The fourth-order valence-electron chi connectivity index (χ4n) is 1.97. The summed E-state index contributed by atoms with van der Waals surface area (Å²) in [5.41, 5.74) is 2.65. The van der Waals surface area contributed by atoms with Crippen LogP contribution in [0.2, 0.25) is 0 Å². The minimum absolute atomic E-state index is 0.183. The van der Waals surface area contributed by atoms with Crippen molar-refractivity contribution in [2.45, 2.75) is 12.7 Å². The van der Waals surface area contributed by atoms with Crippen LogP contribution in [0.1, 0.15) is 5.56 Å². The van der Waals surface area contributed by atoms with Gasteiger partial charge in [0.2, 0.25) is 0 Å². The van der Waals surface area contributed by atoms with Crippen molar-refractivity contribution in [3.63, 3.8) is 0 Å². The van der Waals surface area contributed by atoms with Crippen molar-refractivity contribution in [3.8, 4) is 17.0 Å². The molecule has 0 radical (unpaired) electrons. The van der Waals surface area contributed by atoms with Crippen LogP contribution in [-0.2, 0) is 13.6 Å². The van der Waals surface area contributed by atoms with Gasteiger partial charge in [0.25, 0.3) is 0 Å². The first kappa shape index (κ1) is 15.4. The summed E-state index contributed by atoms with van der Waals surface area (Å²) >= 11 is 0. The van der Waals surface area contributed by atoms with Crippen molar-refractivity contribution in [1.29, 1.82) is 0 Å². The SMILES string of the molecule is CNCc1cn(C)nc1-c1ccc(OCC(F)(F)F)cc1. The molecule has 0 atom stereocenters. The minimum Gasteiger partial charge on any atom is -0.484 e. The molecule has 21 heavy (non-hydrogen) atoms. The van der Waals surface area contributed by atoms with Gasteiger partial charge in [0.05, 0.1) is 5.69 Å². The van der Waals surface area contributed by atoms with E-state index >= 15 is 0 Å². The van der Waals surface area contributed by atoms with Crippen molar-refractivity contribution in [2.24, 2.45) is 7.05 Å². The molecule has 7 heteroatoms. The number of aryl methyl sites for hydroxylation is 1. The van der Waals surface area contributed by atoms with Crippen molar-refractivity contribution in [3.05, 3.63) is 36.0 Å². The lowest BCUT2D eigenvalue weighted by Gasteiger charge is -2.09. The monoisotopic (exact) mass is 299 g/mol. The molecule has 0 saturated carbocycles. The summed E-state index contributed by atoms with van der Waals surface area (Å²) in [5, 5.41) is 7.42. The standard InChI is InChI=1S/C14H16F3N3O/c1-18-7-11-8-20(2)19-13(11)10-3-5-12(6-4-10)21-9-14(15,16)17/h3-6,8,18H,7,9H2,1-2H3. The van der Waals surface area contributed by atoms with Gasteiger partial charge in [-0.05, 0) is 31.3 Å². The molecule has 0 unspecified atom stereocenters. The predicted octanol–water partition coefficient (Wildman–Crippen LogP) is 2.75. The molecule has 1 aromatic heterocycles. The maximum atomic E-state index is 12.1. The highest BCUT2D eigenvalue weighted by molar-refractivity contribution is 5.63. The summed E-state index contributed by atoms with van der Waals surface area (Å²) < 4.78 is 42.6. The second-order valence-electron chi connectivity index (χ2n) is 4.64. The van der Waals surface area contributed by atoms with Gasteiger partial charge in [-0.3, -0.25) is 4.68 Å². The predicted molar refractivity (Wildman–Crippen MR) is 73.0 cm³/mol. The molecule has 114 valence electrons. The molecular formula is C14H16F3N3O. The molecule has 0 aliphatic heterocycles. The van der Waals surface area contributed by atoms with Gasteiger partial charge in [-0.2, -0.15) is 18.3 Å². The zero-order chi connectivity index (χ0) is 15.5. The molecule has 0 bridgehead atoms. The molecule has 1 N–H and O–H groups in total. The Balaban J connectivity index is 2.15. The van der Waals surface area contributed by atoms with Crippen LogP contribution in [0.25, 0.3) is 11.3 Å². The quantitative estimate of drug-likeness (QED) is 0.922. The summed E-state index contributed by atoms with van der Waals surface area (Å²) in [6.45, 7) is -0.629. The average Bonchev–Trinajstić information content (AvgIpc) is 2.78. The number of ether oxygens (including phenoxy) is 1. The highest BCUT2D eigenvalue weighted by atomic mass is 19.4. The van der Waals surface area contributed by atoms with E-state index in [1.807, 2.05) is 20.3 Å². The zero-order valence-electron chi connectivity index (χ0n) is 11.7. The highest BCUT2D eigenvalue weighted by Gasteiger charge is 2.28. The Labute approximate surface area is 120 Å². The third kappa shape index (κ3) is 4.22. The average molecular weight is 299 g/mol. The number of hydrogen-bond acceptors (Lipinski definition) is 3. The van der Waals surface area contributed by atoms with E-state index in [0.717, 1.165) is 16.8 Å². The van der Waals surface area contributed by atoms with E-state index in [-0.39, 0.29) is 5.75 Å². The Bertz CT molecular complexity index is 591. The van der Waals surface area contributed by atoms with Gasteiger partial charge in [-0.15, -0.1) is 0 Å². The van der Waals surface area contributed by atoms with E-state index in [1.165, 1.54) is 12.1 Å². The second kappa shape index (κ2) is 6.17. The number of nitrogens with one attached hydrogen (secondary N) is 1. The van der Waals surface area contributed by atoms with Crippen LogP contribution in [0.4, 0.5) is 13.2 Å². The molecule has 2 rings (SSSR count). The highest BCUT2D eigenvalue weighted by Crippen LogP contribution is 2.25. The van der Waals surface area contributed by atoms with Crippen molar-refractivity contribution >= 4 is 0 Å². The molecule has 0 aliphatic carbocycles. The van der Waals surface area contributed by atoms with Crippen LogP contribution in [-0.4, -0.2) is 29.6 Å². The van der Waals surface area contributed by atoms with E-state index in [9.17, 15) is 13.2 Å². The first-order valence-electron chi connectivity index (χ1n) is 6.36. The Morgan fingerprint density at radius 1 is 1.24 bits per heavy atom. The molecule has 2 aromatic rings. The van der Waals surface area contributed by atoms with Crippen LogP contribution in [0.15, 0.2) is 30.5 Å². The largest absolute Gasteiger partial charge is 0.484 e. The fourth-order valence-corrected chi connectivity index (χ4v) is 1.97. The Kier molecular flexibility index (Phi) is 4.52. The fraction of sp³-hybridized carbons (Fsp3) is 0.357. The summed E-state index contributed by atoms with van der Waals surface area (Å²) in [4.78, 5) is 0. The molecule has 0 fully saturated rings. The molecule has 1 aromatic carbocycles. The summed E-state index contributed by atoms with van der Waals surface area (Å²) in [7, 11) is 3.66. The van der Waals surface area contributed by atoms with Gasteiger partial charge < -0.3 is 10.1 Å². The Morgan fingerprint density at radius 2 is 1.90 bits per heavy atom. The Morgan fingerprint density at radius 3 is 2.48 bits per heavy atom. The van der Waals surface area contributed by atoms with Gasteiger partial charge in [0, 0.05) is 30.9 Å². The van der Waals surface area contributed by atoms with Crippen LogP contribution < -0.4 is 10.1 Å². The Hall–Kier alpha value is -2.02. The van der Waals surface area contributed by atoms with Crippen LogP contribution in [0.5, 0.6) is 5.75 Å². The van der Waals surface area contributed by atoms with Gasteiger partial charge in [-0.25, -0.2) is 0 Å². The number of aromatic nitrogens is 2. The molecule has 0 saturated heterocycles. The third-order valence-electron chi connectivity index (χ3n) is 2.80. The van der Waals surface area contributed by atoms with E-state index in [0.29, 0.717) is 6.54 Å². The van der Waals surface area contributed by atoms with Gasteiger partial charge in [-0.1, -0.05) is 0 Å². The smallest absolute Gasteiger partial charge is 0.422 e. The van der Waals surface area contributed by atoms with Crippen LogP contribution in [0, 0.1) is 0 Å². The van der Waals surface area contributed by atoms with Crippen LogP contribution in [0.3, 0.4) is 0 Å². The second-order valence-corrected chi connectivity index (χ2v) is 4.64. The summed E-state index contributed by atoms with van der Waals surface area (Å²) in [6, 6.07) is 6.43. The number of benzene rings is 1. The van der Waals surface area contributed by atoms with E-state index < -0.39 is 12.8 Å². The molecule has 0 amide bonds. The van der Waals surface area contributed by atoms with Gasteiger partial charge in [0.1, 0.15) is 5.75 Å². The zero-order valence-corrected chi connectivity index (χ0v) is 11.7. The molecule has 1 heterocycles.